The molecule has 0 aromatic heterocycles. The van der Waals surface area contributed by atoms with Crippen molar-refractivity contribution in [1.82, 2.24) is 0 Å². The molecule has 0 amide bonds. The lowest BCUT2D eigenvalue weighted by Gasteiger charge is -2.15. The standard InChI is InChI=1S/C20H22O5/c1-4-25-20(22)19(15-7-11-17(24-3)12-8-15)18(21)13-14-5-9-16(23-2)10-6-14/h5-12,19H,4,13H2,1-3H3. The van der Waals surface area contributed by atoms with Crippen molar-refractivity contribution in [2.75, 3.05) is 20.8 Å². The molecule has 0 bridgehead atoms. The fourth-order valence-corrected chi connectivity index (χ4v) is 2.52. The number of rotatable bonds is 8. The SMILES string of the molecule is CCOC(=O)C(C(=O)Cc1ccc(OC)cc1)c1ccc(OC)cc1. The predicted octanol–water partition coefficient (Wildman–Crippen LogP) is 3.16. The van der Waals surface area contributed by atoms with Crippen LogP contribution in [0.3, 0.4) is 0 Å². The summed E-state index contributed by atoms with van der Waals surface area (Å²) in [6, 6.07) is 14.1. The molecule has 2 rings (SSSR count). The number of ketones is 1. The maximum Gasteiger partial charge on any atom is 0.321 e. The van der Waals surface area contributed by atoms with Gasteiger partial charge in [0.25, 0.3) is 0 Å². The average Bonchev–Trinajstić information content (AvgIpc) is 2.63. The molecule has 0 saturated heterocycles. The third-order valence-electron chi connectivity index (χ3n) is 3.83. The third kappa shape index (κ3) is 4.83. The van der Waals surface area contributed by atoms with Crippen molar-refractivity contribution in [3.8, 4) is 11.5 Å². The van der Waals surface area contributed by atoms with E-state index in [1.54, 1.807) is 57.5 Å². The van der Waals surface area contributed by atoms with E-state index in [0.717, 1.165) is 5.56 Å². The van der Waals surface area contributed by atoms with E-state index in [1.165, 1.54) is 0 Å². The molecule has 5 nitrogen and oxygen atoms in total. The lowest BCUT2D eigenvalue weighted by molar-refractivity contribution is -0.147. The fourth-order valence-electron chi connectivity index (χ4n) is 2.52. The molecule has 0 aliphatic rings. The highest BCUT2D eigenvalue weighted by Gasteiger charge is 2.29. The van der Waals surface area contributed by atoms with Gasteiger partial charge >= 0.3 is 5.97 Å². The Morgan fingerprint density at radius 2 is 1.40 bits per heavy atom. The van der Waals surface area contributed by atoms with Gasteiger partial charge in [0.15, 0.2) is 5.78 Å². The quantitative estimate of drug-likeness (QED) is 0.545. The van der Waals surface area contributed by atoms with Crippen LogP contribution < -0.4 is 9.47 Å². The summed E-state index contributed by atoms with van der Waals surface area (Å²) in [6.45, 7) is 1.94. The number of ether oxygens (including phenoxy) is 3. The van der Waals surface area contributed by atoms with Gasteiger partial charge in [-0.05, 0) is 42.3 Å². The number of methoxy groups -OCH3 is 2. The molecule has 0 saturated carbocycles. The van der Waals surface area contributed by atoms with Crippen molar-refractivity contribution in [2.45, 2.75) is 19.3 Å². The predicted molar refractivity (Wildman–Crippen MR) is 94.1 cm³/mol. The van der Waals surface area contributed by atoms with Crippen molar-refractivity contribution >= 4 is 11.8 Å². The van der Waals surface area contributed by atoms with Crippen molar-refractivity contribution in [3.05, 3.63) is 59.7 Å². The zero-order chi connectivity index (χ0) is 18.2. The van der Waals surface area contributed by atoms with E-state index < -0.39 is 11.9 Å². The highest BCUT2D eigenvalue weighted by atomic mass is 16.5. The highest BCUT2D eigenvalue weighted by Crippen LogP contribution is 2.24. The Hall–Kier alpha value is -2.82. The minimum absolute atomic E-state index is 0.138. The van der Waals surface area contributed by atoms with Crippen LogP contribution in [0.2, 0.25) is 0 Å². The Labute approximate surface area is 147 Å². The van der Waals surface area contributed by atoms with Gasteiger partial charge in [0.1, 0.15) is 17.4 Å². The molecule has 0 fully saturated rings. The van der Waals surface area contributed by atoms with Crippen molar-refractivity contribution < 1.29 is 23.8 Å². The Morgan fingerprint density at radius 1 is 0.880 bits per heavy atom. The molecule has 0 N–H and O–H groups in total. The molecule has 1 atom stereocenters. The zero-order valence-electron chi connectivity index (χ0n) is 14.7. The zero-order valence-corrected chi connectivity index (χ0v) is 14.7. The molecule has 2 aromatic rings. The van der Waals surface area contributed by atoms with Gasteiger partial charge in [0, 0.05) is 6.42 Å². The van der Waals surface area contributed by atoms with Gasteiger partial charge < -0.3 is 14.2 Å². The second-order valence-electron chi connectivity index (χ2n) is 5.45. The molecule has 25 heavy (non-hydrogen) atoms. The van der Waals surface area contributed by atoms with Crippen molar-refractivity contribution in [3.63, 3.8) is 0 Å². The summed E-state index contributed by atoms with van der Waals surface area (Å²) in [5, 5.41) is 0. The largest absolute Gasteiger partial charge is 0.497 e. The van der Waals surface area contributed by atoms with Gasteiger partial charge in [-0.25, -0.2) is 0 Å². The van der Waals surface area contributed by atoms with Crippen LogP contribution in [0.4, 0.5) is 0 Å². The Kier molecular flexibility index (Phi) is 6.57. The monoisotopic (exact) mass is 342 g/mol. The lowest BCUT2D eigenvalue weighted by Crippen LogP contribution is -2.25. The molecule has 0 heterocycles. The van der Waals surface area contributed by atoms with Gasteiger partial charge in [0.2, 0.25) is 0 Å². The molecule has 0 aliphatic carbocycles. The van der Waals surface area contributed by atoms with Crippen LogP contribution in [0, 0.1) is 0 Å². The molecule has 0 aliphatic heterocycles. The molecular formula is C20H22O5. The van der Waals surface area contributed by atoms with Crippen LogP contribution in [0.15, 0.2) is 48.5 Å². The minimum Gasteiger partial charge on any atom is -0.497 e. The average molecular weight is 342 g/mol. The van der Waals surface area contributed by atoms with Gasteiger partial charge in [0.05, 0.1) is 20.8 Å². The first-order chi connectivity index (χ1) is 12.1. The van der Waals surface area contributed by atoms with E-state index in [2.05, 4.69) is 0 Å². The normalized spacial score (nSPS) is 11.5. The lowest BCUT2D eigenvalue weighted by atomic mass is 9.91. The molecule has 0 spiro atoms. The van der Waals surface area contributed by atoms with Crippen LogP contribution in [-0.2, 0) is 20.7 Å². The van der Waals surface area contributed by atoms with Gasteiger partial charge in [-0.15, -0.1) is 0 Å². The van der Waals surface area contributed by atoms with E-state index >= 15 is 0 Å². The molecular weight excluding hydrogens is 320 g/mol. The van der Waals surface area contributed by atoms with E-state index in [0.29, 0.717) is 17.1 Å². The van der Waals surface area contributed by atoms with Crippen LogP contribution >= 0.6 is 0 Å². The minimum atomic E-state index is -0.951. The van der Waals surface area contributed by atoms with E-state index in [1.807, 2.05) is 12.1 Å². The van der Waals surface area contributed by atoms with E-state index in [-0.39, 0.29) is 18.8 Å². The number of carbonyl (C=O) groups excluding carboxylic acids is 2. The fraction of sp³-hybridized carbons (Fsp3) is 0.300. The summed E-state index contributed by atoms with van der Waals surface area (Å²) in [7, 11) is 3.15. The summed E-state index contributed by atoms with van der Waals surface area (Å²) in [5.41, 5.74) is 1.41. The van der Waals surface area contributed by atoms with Gasteiger partial charge in [-0.1, -0.05) is 24.3 Å². The Morgan fingerprint density at radius 3 is 1.88 bits per heavy atom. The summed E-state index contributed by atoms with van der Waals surface area (Å²) >= 11 is 0. The number of hydrogen-bond acceptors (Lipinski definition) is 5. The number of Topliss-reactive ketones (excluding diaryl/α,β-unsaturated/α-hetero) is 1. The maximum absolute atomic E-state index is 12.8. The first kappa shape index (κ1) is 18.5. The van der Waals surface area contributed by atoms with Crippen LogP contribution in [0.1, 0.15) is 24.0 Å². The molecule has 2 aromatic carbocycles. The van der Waals surface area contributed by atoms with E-state index in [9.17, 15) is 9.59 Å². The van der Waals surface area contributed by atoms with Crippen molar-refractivity contribution in [1.29, 1.82) is 0 Å². The second-order valence-corrected chi connectivity index (χ2v) is 5.45. The first-order valence-electron chi connectivity index (χ1n) is 8.05. The van der Waals surface area contributed by atoms with E-state index in [4.69, 9.17) is 14.2 Å². The Bertz CT molecular complexity index is 704. The number of carbonyl (C=O) groups is 2. The van der Waals surface area contributed by atoms with Gasteiger partial charge in [-0.3, -0.25) is 9.59 Å². The molecule has 5 heteroatoms. The summed E-state index contributed by atoms with van der Waals surface area (Å²) in [5.74, 6) is -0.324. The molecule has 1 unspecified atom stereocenters. The highest BCUT2D eigenvalue weighted by molar-refractivity contribution is 6.05. The van der Waals surface area contributed by atoms with Crippen LogP contribution in [0.5, 0.6) is 11.5 Å². The maximum atomic E-state index is 12.8. The third-order valence-corrected chi connectivity index (χ3v) is 3.83. The number of esters is 1. The smallest absolute Gasteiger partial charge is 0.321 e. The first-order valence-corrected chi connectivity index (χ1v) is 8.05. The topological polar surface area (TPSA) is 61.8 Å². The number of hydrogen-bond donors (Lipinski definition) is 0. The van der Waals surface area contributed by atoms with Crippen LogP contribution in [-0.4, -0.2) is 32.6 Å². The van der Waals surface area contributed by atoms with Gasteiger partial charge in [-0.2, -0.15) is 0 Å². The number of benzene rings is 2. The van der Waals surface area contributed by atoms with Crippen LogP contribution in [0.25, 0.3) is 0 Å². The molecule has 132 valence electrons. The molecule has 0 radical (unpaired) electrons. The van der Waals surface area contributed by atoms with Crippen molar-refractivity contribution in [2.24, 2.45) is 0 Å². The summed E-state index contributed by atoms with van der Waals surface area (Å²) < 4.78 is 15.3. The Balaban J connectivity index is 2.23. The second kappa shape index (κ2) is 8.87. The summed E-state index contributed by atoms with van der Waals surface area (Å²) in [4.78, 5) is 25.1. The summed E-state index contributed by atoms with van der Waals surface area (Å²) in [6.07, 6.45) is 0.138.